The molecule has 6 nitrogen and oxygen atoms in total. The van der Waals surface area contributed by atoms with Crippen LogP contribution in [-0.4, -0.2) is 37.2 Å². The van der Waals surface area contributed by atoms with Crippen molar-refractivity contribution in [3.8, 4) is 0 Å². The molecule has 0 aromatic rings. The lowest BCUT2D eigenvalue weighted by Gasteiger charge is -2.18. The van der Waals surface area contributed by atoms with Crippen LogP contribution in [0, 0.1) is 0 Å². The summed E-state index contributed by atoms with van der Waals surface area (Å²) in [5.41, 5.74) is 0. The molecule has 0 aliphatic heterocycles. The van der Waals surface area contributed by atoms with Crippen molar-refractivity contribution in [2.45, 2.75) is 258 Å². The Morgan fingerprint density at radius 3 is 1.06 bits per heavy atom. The van der Waals surface area contributed by atoms with Gasteiger partial charge in [0.2, 0.25) is 0 Å². The predicted molar refractivity (Wildman–Crippen MR) is 270 cm³/mol. The normalized spacial score (nSPS) is 12.6. The summed E-state index contributed by atoms with van der Waals surface area (Å²) in [5, 5.41) is 0. The third-order valence-corrected chi connectivity index (χ3v) is 11.3. The van der Waals surface area contributed by atoms with Crippen molar-refractivity contribution < 1.29 is 28.6 Å². The second kappa shape index (κ2) is 51.5. The maximum atomic E-state index is 12.8. The zero-order valence-electron chi connectivity index (χ0n) is 41.3. The number of esters is 3. The summed E-state index contributed by atoms with van der Waals surface area (Å²) in [4.78, 5) is 38.0. The van der Waals surface area contributed by atoms with E-state index in [9.17, 15) is 14.4 Å². The molecule has 0 spiro atoms. The molecule has 0 amide bonds. The van der Waals surface area contributed by atoms with Crippen LogP contribution in [0.5, 0.6) is 0 Å². The molecular formula is C57H98O6. The molecule has 63 heavy (non-hydrogen) atoms. The molecule has 362 valence electrons. The van der Waals surface area contributed by atoms with Gasteiger partial charge in [-0.15, -0.1) is 0 Å². The monoisotopic (exact) mass is 879 g/mol. The van der Waals surface area contributed by atoms with E-state index in [0.717, 1.165) is 57.8 Å². The van der Waals surface area contributed by atoms with Crippen LogP contribution in [-0.2, 0) is 28.6 Å². The first-order valence-corrected chi connectivity index (χ1v) is 26.5. The summed E-state index contributed by atoms with van der Waals surface area (Å²) in [6.45, 7) is 6.43. The fourth-order valence-corrected chi connectivity index (χ4v) is 7.35. The number of carbonyl (C=O) groups is 3. The number of hydrogen-bond donors (Lipinski definition) is 0. The predicted octanol–water partition coefficient (Wildman–Crippen LogP) is 17.4. The molecule has 0 heterocycles. The fourth-order valence-electron chi connectivity index (χ4n) is 7.35. The van der Waals surface area contributed by atoms with Crippen molar-refractivity contribution in [1.82, 2.24) is 0 Å². The summed E-state index contributed by atoms with van der Waals surface area (Å²) in [6.07, 6.45) is 64.7. The van der Waals surface area contributed by atoms with E-state index < -0.39 is 6.10 Å². The highest BCUT2D eigenvalue weighted by atomic mass is 16.6. The zero-order valence-corrected chi connectivity index (χ0v) is 41.3. The van der Waals surface area contributed by atoms with Crippen LogP contribution in [0.3, 0.4) is 0 Å². The van der Waals surface area contributed by atoms with Gasteiger partial charge in [-0.3, -0.25) is 14.4 Å². The molecule has 0 aromatic carbocycles. The van der Waals surface area contributed by atoms with Crippen LogP contribution in [0.1, 0.15) is 252 Å². The van der Waals surface area contributed by atoms with Gasteiger partial charge in [0.15, 0.2) is 6.10 Å². The molecule has 6 heteroatoms. The lowest BCUT2D eigenvalue weighted by atomic mass is 10.0. The van der Waals surface area contributed by atoms with Crippen LogP contribution < -0.4 is 0 Å². The van der Waals surface area contributed by atoms with E-state index in [1.54, 1.807) is 0 Å². The first-order valence-electron chi connectivity index (χ1n) is 26.5. The van der Waals surface area contributed by atoms with Gasteiger partial charge in [-0.25, -0.2) is 0 Å². The zero-order chi connectivity index (χ0) is 45.8. The summed E-state index contributed by atoms with van der Waals surface area (Å²) in [6, 6.07) is 0. The Hall–Kier alpha value is -3.15. The highest BCUT2D eigenvalue weighted by Crippen LogP contribution is 2.15. The Balaban J connectivity index is 4.45. The van der Waals surface area contributed by atoms with Gasteiger partial charge in [-0.1, -0.05) is 248 Å². The topological polar surface area (TPSA) is 78.9 Å². The molecule has 0 rings (SSSR count). The number of allylic oxidation sites excluding steroid dienone is 12. The quantitative estimate of drug-likeness (QED) is 0.0199. The maximum Gasteiger partial charge on any atom is 0.306 e. The van der Waals surface area contributed by atoms with E-state index in [1.807, 2.05) is 54.7 Å². The molecule has 0 N–H and O–H groups in total. The van der Waals surface area contributed by atoms with Gasteiger partial charge < -0.3 is 14.2 Å². The van der Waals surface area contributed by atoms with E-state index in [0.29, 0.717) is 19.3 Å². The molecular weight excluding hydrogens is 781 g/mol. The molecule has 0 saturated heterocycles. The van der Waals surface area contributed by atoms with Crippen molar-refractivity contribution >= 4 is 17.9 Å². The molecule has 0 aromatic heterocycles. The molecule has 0 saturated carbocycles. The summed E-state index contributed by atoms with van der Waals surface area (Å²) in [7, 11) is 0. The van der Waals surface area contributed by atoms with Gasteiger partial charge in [-0.05, 0) is 57.8 Å². The number of ether oxygens (including phenoxy) is 3. The van der Waals surface area contributed by atoms with Crippen LogP contribution in [0.25, 0.3) is 0 Å². The van der Waals surface area contributed by atoms with Crippen molar-refractivity contribution in [3.05, 3.63) is 72.9 Å². The van der Waals surface area contributed by atoms with E-state index in [4.69, 9.17) is 14.2 Å². The van der Waals surface area contributed by atoms with Gasteiger partial charge in [0.1, 0.15) is 13.2 Å². The molecule has 0 aliphatic carbocycles. The summed E-state index contributed by atoms with van der Waals surface area (Å²) >= 11 is 0. The molecule has 0 fully saturated rings. The molecule has 1 atom stereocenters. The van der Waals surface area contributed by atoms with Gasteiger partial charge in [0, 0.05) is 19.3 Å². The Morgan fingerprint density at radius 1 is 0.333 bits per heavy atom. The van der Waals surface area contributed by atoms with Crippen molar-refractivity contribution in [2.75, 3.05) is 13.2 Å². The average molecular weight is 879 g/mol. The molecule has 0 aliphatic rings. The number of unbranched alkanes of at least 4 members (excludes halogenated alkanes) is 28. The third kappa shape index (κ3) is 49.7. The van der Waals surface area contributed by atoms with Gasteiger partial charge in [0.05, 0.1) is 0 Å². The first kappa shape index (κ1) is 59.9. The minimum absolute atomic E-state index is 0.100. The second-order valence-corrected chi connectivity index (χ2v) is 17.5. The fraction of sp³-hybridized carbons (Fsp3) is 0.737. The first-order chi connectivity index (χ1) is 31.0. The highest BCUT2D eigenvalue weighted by molar-refractivity contribution is 5.71. The Labute approximate surface area is 389 Å². The van der Waals surface area contributed by atoms with E-state index in [1.165, 1.54) is 148 Å². The lowest BCUT2D eigenvalue weighted by Crippen LogP contribution is -2.30. The molecule has 0 radical (unpaired) electrons. The minimum atomic E-state index is -0.805. The Bertz CT molecular complexity index is 1190. The minimum Gasteiger partial charge on any atom is -0.462 e. The smallest absolute Gasteiger partial charge is 0.306 e. The van der Waals surface area contributed by atoms with Gasteiger partial charge in [0.25, 0.3) is 0 Å². The lowest BCUT2D eigenvalue weighted by molar-refractivity contribution is -0.167. The Morgan fingerprint density at radius 2 is 0.651 bits per heavy atom. The van der Waals surface area contributed by atoms with E-state index in [-0.39, 0.29) is 37.5 Å². The van der Waals surface area contributed by atoms with E-state index >= 15 is 0 Å². The second-order valence-electron chi connectivity index (χ2n) is 17.5. The van der Waals surface area contributed by atoms with Crippen molar-refractivity contribution in [3.63, 3.8) is 0 Å². The van der Waals surface area contributed by atoms with Crippen LogP contribution >= 0.6 is 0 Å². The SMILES string of the molecule is CC\C=C/C=C\C=C/C=C\C=C/CCCC(=O)OCC(COC(=O)CCCCCCC/C=C\CCCCCCCCC)OC(=O)CCCCCCCCCCCCCCCCCC. The number of carbonyl (C=O) groups excluding carboxylic acids is 3. The van der Waals surface area contributed by atoms with Gasteiger partial charge in [-0.2, -0.15) is 0 Å². The van der Waals surface area contributed by atoms with Gasteiger partial charge >= 0.3 is 17.9 Å². The van der Waals surface area contributed by atoms with Crippen LogP contribution in [0.4, 0.5) is 0 Å². The number of rotatable bonds is 47. The Kier molecular flexibility index (Phi) is 48.9. The maximum absolute atomic E-state index is 12.8. The molecule has 1 unspecified atom stereocenters. The average Bonchev–Trinajstić information content (AvgIpc) is 3.28. The largest absolute Gasteiger partial charge is 0.462 e. The number of hydrogen-bond acceptors (Lipinski definition) is 6. The van der Waals surface area contributed by atoms with Crippen LogP contribution in [0.2, 0.25) is 0 Å². The standard InChI is InChI=1S/C57H98O6/c1-4-7-10-13-16-19-22-25-27-29-32-35-38-41-44-47-50-56(59)62-53-54(52-61-55(58)49-46-43-40-37-34-31-24-21-18-15-12-9-6-3)63-57(60)51-48-45-42-39-36-33-30-28-26-23-20-17-14-11-8-5-2/h9,12,15,18,21,24,27,29,31,34,37,40,54H,4-8,10-11,13-14,16-17,19-20,22-23,25-26,28,30,32-33,35-36,38-39,41-53H2,1-3H3/b12-9-,18-15-,24-21-,29-27-,34-31-,40-37-. The summed E-state index contributed by atoms with van der Waals surface area (Å²) < 4.78 is 16.7. The van der Waals surface area contributed by atoms with Crippen LogP contribution in [0.15, 0.2) is 72.9 Å². The van der Waals surface area contributed by atoms with Crippen molar-refractivity contribution in [2.24, 2.45) is 0 Å². The summed E-state index contributed by atoms with van der Waals surface area (Å²) in [5.74, 6) is -0.979. The van der Waals surface area contributed by atoms with Crippen molar-refractivity contribution in [1.29, 1.82) is 0 Å². The highest BCUT2D eigenvalue weighted by Gasteiger charge is 2.19. The third-order valence-electron chi connectivity index (χ3n) is 11.3. The van der Waals surface area contributed by atoms with E-state index in [2.05, 4.69) is 39.0 Å². The molecule has 0 bridgehead atoms.